The lowest BCUT2D eigenvalue weighted by Gasteiger charge is -2.19. The van der Waals surface area contributed by atoms with Crippen molar-refractivity contribution in [2.45, 2.75) is 6.92 Å². The number of ether oxygens (including phenoxy) is 2. The van der Waals surface area contributed by atoms with Gasteiger partial charge in [-0.25, -0.2) is 4.79 Å². The van der Waals surface area contributed by atoms with E-state index in [1.54, 1.807) is 49.4 Å². The van der Waals surface area contributed by atoms with Crippen LogP contribution in [0.25, 0.3) is 6.08 Å². The van der Waals surface area contributed by atoms with E-state index in [9.17, 15) is 9.59 Å². The Hall–Kier alpha value is -2.47. The molecular formula is C21H16Cl3NO4. The van der Waals surface area contributed by atoms with E-state index in [1.807, 2.05) is 0 Å². The number of carbonyl (C=O) groups is 2. The van der Waals surface area contributed by atoms with E-state index in [2.05, 4.69) is 0 Å². The van der Waals surface area contributed by atoms with Gasteiger partial charge in [-0.2, -0.15) is 0 Å². The predicted molar refractivity (Wildman–Crippen MR) is 115 cm³/mol. The first kappa shape index (κ1) is 21.2. The minimum atomic E-state index is -0.621. The Kier molecular flexibility index (Phi) is 6.22. The third-order valence-corrected chi connectivity index (χ3v) is 5.47. The maximum Gasteiger partial charge on any atom is 0.340 e. The smallest absolute Gasteiger partial charge is 0.340 e. The second kappa shape index (κ2) is 8.49. The molecule has 1 aliphatic rings. The van der Waals surface area contributed by atoms with E-state index in [1.165, 1.54) is 19.1 Å². The molecule has 0 spiro atoms. The third-order valence-electron chi connectivity index (χ3n) is 4.44. The molecule has 0 radical (unpaired) electrons. The predicted octanol–water partition coefficient (Wildman–Crippen LogP) is 5.53. The van der Waals surface area contributed by atoms with Gasteiger partial charge >= 0.3 is 5.97 Å². The molecule has 0 fully saturated rings. The van der Waals surface area contributed by atoms with Crippen molar-refractivity contribution in [3.8, 4) is 5.75 Å². The highest BCUT2D eigenvalue weighted by Gasteiger charge is 2.38. The summed E-state index contributed by atoms with van der Waals surface area (Å²) in [5.41, 5.74) is 1.88. The maximum atomic E-state index is 13.2. The number of methoxy groups -OCH3 is 2. The molecule has 0 bridgehead atoms. The molecule has 8 heteroatoms. The second-order valence-corrected chi connectivity index (χ2v) is 7.36. The summed E-state index contributed by atoms with van der Waals surface area (Å²) in [5.74, 6) is -0.539. The Morgan fingerprint density at radius 1 is 1.00 bits per heavy atom. The van der Waals surface area contributed by atoms with Crippen LogP contribution in [-0.4, -0.2) is 26.1 Å². The van der Waals surface area contributed by atoms with E-state index in [-0.39, 0.29) is 11.1 Å². The number of allylic oxidation sites excluding steroid dienone is 1. The molecule has 0 saturated carbocycles. The van der Waals surface area contributed by atoms with Crippen molar-refractivity contribution in [1.29, 1.82) is 0 Å². The highest BCUT2D eigenvalue weighted by molar-refractivity contribution is 6.42. The molecule has 2 aromatic rings. The Balaban J connectivity index is 2.14. The average molecular weight is 453 g/mol. The van der Waals surface area contributed by atoms with Gasteiger partial charge in [0.25, 0.3) is 5.91 Å². The van der Waals surface area contributed by atoms with Gasteiger partial charge in [-0.3, -0.25) is 9.69 Å². The zero-order valence-electron chi connectivity index (χ0n) is 15.8. The number of benzene rings is 2. The van der Waals surface area contributed by atoms with Crippen molar-refractivity contribution in [2.75, 3.05) is 19.1 Å². The van der Waals surface area contributed by atoms with E-state index in [4.69, 9.17) is 44.3 Å². The first-order valence-corrected chi connectivity index (χ1v) is 9.56. The van der Waals surface area contributed by atoms with Gasteiger partial charge in [0.2, 0.25) is 0 Å². The minimum absolute atomic E-state index is 0.163. The van der Waals surface area contributed by atoms with E-state index >= 15 is 0 Å². The summed E-state index contributed by atoms with van der Waals surface area (Å²) in [5, 5.41) is 1.07. The van der Waals surface area contributed by atoms with Gasteiger partial charge in [-0.05, 0) is 48.9 Å². The van der Waals surface area contributed by atoms with Crippen molar-refractivity contribution < 1.29 is 19.1 Å². The van der Waals surface area contributed by atoms with Gasteiger partial charge in [-0.15, -0.1) is 0 Å². The Morgan fingerprint density at radius 3 is 2.31 bits per heavy atom. The lowest BCUT2D eigenvalue weighted by molar-refractivity contribution is -0.136. The van der Waals surface area contributed by atoms with Crippen molar-refractivity contribution in [3.63, 3.8) is 0 Å². The number of esters is 1. The number of hydrogen-bond acceptors (Lipinski definition) is 4. The number of carbonyl (C=O) groups excluding carboxylic acids is 2. The molecule has 3 rings (SSSR count). The quantitative estimate of drug-likeness (QED) is 0.452. The van der Waals surface area contributed by atoms with Gasteiger partial charge < -0.3 is 9.47 Å². The largest absolute Gasteiger partial charge is 0.495 e. The van der Waals surface area contributed by atoms with Crippen LogP contribution < -0.4 is 9.64 Å². The molecule has 1 amide bonds. The molecule has 1 aliphatic heterocycles. The third kappa shape index (κ3) is 3.99. The fourth-order valence-electron chi connectivity index (χ4n) is 3.05. The maximum absolute atomic E-state index is 13.2. The van der Waals surface area contributed by atoms with Gasteiger partial charge in [0.1, 0.15) is 5.75 Å². The zero-order chi connectivity index (χ0) is 21.3. The molecule has 0 saturated heterocycles. The van der Waals surface area contributed by atoms with Crippen LogP contribution in [0.3, 0.4) is 0 Å². The molecule has 0 aliphatic carbocycles. The summed E-state index contributed by atoms with van der Waals surface area (Å²) >= 11 is 18.2. The van der Waals surface area contributed by atoms with Crippen molar-refractivity contribution in [2.24, 2.45) is 0 Å². The molecular weight excluding hydrogens is 437 g/mol. The molecule has 0 aromatic heterocycles. The highest BCUT2D eigenvalue weighted by atomic mass is 35.5. The molecule has 150 valence electrons. The average Bonchev–Trinajstić information content (AvgIpc) is 2.94. The van der Waals surface area contributed by atoms with E-state index < -0.39 is 11.9 Å². The molecule has 5 nitrogen and oxygen atoms in total. The van der Waals surface area contributed by atoms with E-state index in [0.29, 0.717) is 37.8 Å². The number of hydrogen-bond donors (Lipinski definition) is 0. The van der Waals surface area contributed by atoms with Crippen LogP contribution >= 0.6 is 34.8 Å². The van der Waals surface area contributed by atoms with Crippen LogP contribution in [0.15, 0.2) is 53.2 Å². The Morgan fingerprint density at radius 2 is 1.72 bits per heavy atom. The molecule has 0 atom stereocenters. The van der Waals surface area contributed by atoms with Crippen LogP contribution in [0.1, 0.15) is 12.5 Å². The summed E-state index contributed by atoms with van der Waals surface area (Å²) in [6.45, 7) is 1.66. The number of rotatable bonds is 4. The highest BCUT2D eigenvalue weighted by Crippen LogP contribution is 2.38. The van der Waals surface area contributed by atoms with Crippen LogP contribution in [0.5, 0.6) is 5.75 Å². The van der Waals surface area contributed by atoms with Crippen LogP contribution in [-0.2, 0) is 14.3 Å². The number of anilines is 1. The SMILES string of the molecule is COC(=O)C1=C(C)N(c2ccc(OC)c(Cl)c2)C(=O)/C1=C\c1ccc(Cl)c(Cl)c1. The van der Waals surface area contributed by atoms with Crippen LogP contribution in [0, 0.1) is 0 Å². The van der Waals surface area contributed by atoms with Crippen LogP contribution in [0.2, 0.25) is 15.1 Å². The fourth-order valence-corrected chi connectivity index (χ4v) is 3.61. The summed E-state index contributed by atoms with van der Waals surface area (Å²) in [7, 11) is 2.76. The molecule has 1 heterocycles. The Bertz CT molecular complexity index is 1080. The molecule has 2 aromatic carbocycles. The lowest BCUT2D eigenvalue weighted by Crippen LogP contribution is -2.24. The first-order chi connectivity index (χ1) is 13.8. The van der Waals surface area contributed by atoms with E-state index in [0.717, 1.165) is 0 Å². The monoisotopic (exact) mass is 451 g/mol. The second-order valence-electron chi connectivity index (χ2n) is 6.14. The standard InChI is InChI=1S/C21H16Cl3NO4/c1-11-19(21(27)29-3)14(8-12-4-6-15(22)16(23)9-12)20(26)25(11)13-5-7-18(28-2)17(24)10-13/h4-10H,1-3H3/b14-8-. The number of halogens is 3. The summed E-state index contributed by atoms with van der Waals surface area (Å²) in [4.78, 5) is 27.1. The molecule has 29 heavy (non-hydrogen) atoms. The van der Waals surface area contributed by atoms with Crippen molar-refractivity contribution in [3.05, 3.63) is 73.9 Å². The normalized spacial score (nSPS) is 15.3. The Labute approximate surface area is 183 Å². The topological polar surface area (TPSA) is 55.8 Å². The summed E-state index contributed by atoms with van der Waals surface area (Å²) < 4.78 is 10.1. The number of nitrogens with zero attached hydrogens (tertiary/aromatic N) is 1. The first-order valence-electron chi connectivity index (χ1n) is 8.42. The van der Waals surface area contributed by atoms with Crippen molar-refractivity contribution >= 4 is 58.4 Å². The lowest BCUT2D eigenvalue weighted by atomic mass is 10.0. The van der Waals surface area contributed by atoms with Gasteiger partial charge in [0.15, 0.2) is 0 Å². The number of amides is 1. The summed E-state index contributed by atoms with van der Waals surface area (Å²) in [6, 6.07) is 9.86. The van der Waals surface area contributed by atoms with Crippen molar-refractivity contribution in [1.82, 2.24) is 0 Å². The summed E-state index contributed by atoms with van der Waals surface area (Å²) in [6.07, 6.45) is 1.57. The molecule has 0 N–H and O–H groups in total. The van der Waals surface area contributed by atoms with Gasteiger partial charge in [0, 0.05) is 5.70 Å². The molecule has 0 unspecified atom stereocenters. The van der Waals surface area contributed by atoms with Gasteiger partial charge in [-0.1, -0.05) is 40.9 Å². The minimum Gasteiger partial charge on any atom is -0.495 e. The van der Waals surface area contributed by atoms with Crippen LogP contribution in [0.4, 0.5) is 5.69 Å². The zero-order valence-corrected chi connectivity index (χ0v) is 18.0. The van der Waals surface area contributed by atoms with Gasteiger partial charge in [0.05, 0.1) is 46.1 Å². The fraction of sp³-hybridized carbons (Fsp3) is 0.143.